The molecule has 0 radical (unpaired) electrons. The van der Waals surface area contributed by atoms with Gasteiger partial charge < -0.3 is 10.1 Å². The van der Waals surface area contributed by atoms with Crippen molar-refractivity contribution in [2.75, 3.05) is 17.1 Å². The van der Waals surface area contributed by atoms with Gasteiger partial charge in [-0.1, -0.05) is 45.9 Å². The summed E-state index contributed by atoms with van der Waals surface area (Å²) >= 11 is 4.50. The van der Waals surface area contributed by atoms with Crippen LogP contribution in [0.2, 0.25) is 0 Å². The normalized spacial score (nSPS) is 13.7. The quantitative estimate of drug-likeness (QED) is 0.223. The summed E-state index contributed by atoms with van der Waals surface area (Å²) in [5.74, 6) is -1.86. The Hall–Kier alpha value is -3.61. The molecule has 0 spiro atoms. The highest BCUT2D eigenvalue weighted by Gasteiger charge is 2.40. The van der Waals surface area contributed by atoms with E-state index in [1.54, 1.807) is 68.4 Å². The van der Waals surface area contributed by atoms with Crippen LogP contribution >= 0.6 is 27.7 Å². The van der Waals surface area contributed by atoms with Gasteiger partial charge in [-0.15, -0.1) is 0 Å². The van der Waals surface area contributed by atoms with Crippen LogP contribution in [0.1, 0.15) is 29.8 Å². The van der Waals surface area contributed by atoms with E-state index >= 15 is 0 Å². The van der Waals surface area contributed by atoms with Crippen molar-refractivity contribution in [1.29, 1.82) is 0 Å². The van der Waals surface area contributed by atoms with Crippen molar-refractivity contribution >= 4 is 66.9 Å². The highest BCUT2D eigenvalue weighted by Crippen LogP contribution is 2.37. The van der Waals surface area contributed by atoms with Gasteiger partial charge in [0.2, 0.25) is 10.0 Å². The number of hydrogen-bond acceptors (Lipinski definition) is 8. The average molecular weight is 645 g/mol. The Morgan fingerprint density at radius 2 is 1.57 bits per heavy atom. The third kappa shape index (κ3) is 6.75. The van der Waals surface area contributed by atoms with Crippen molar-refractivity contribution in [2.45, 2.75) is 30.5 Å². The smallest absolute Gasteiger partial charge is 0.338 e. The molecule has 0 bridgehead atoms. The molecule has 0 fully saturated rings. The molecule has 0 saturated carbocycles. The zero-order chi connectivity index (χ0) is 29.0. The molecule has 0 aliphatic carbocycles. The van der Waals surface area contributed by atoms with Gasteiger partial charge in [-0.3, -0.25) is 19.2 Å². The Balaban J connectivity index is 1.53. The van der Waals surface area contributed by atoms with E-state index in [-0.39, 0.29) is 22.2 Å². The van der Waals surface area contributed by atoms with Crippen LogP contribution in [-0.2, 0) is 30.1 Å². The van der Waals surface area contributed by atoms with Crippen molar-refractivity contribution in [2.24, 2.45) is 0 Å². The Morgan fingerprint density at radius 3 is 2.20 bits per heavy atom. The van der Waals surface area contributed by atoms with Gasteiger partial charge in [-0.2, -0.15) is 0 Å². The fourth-order valence-corrected chi connectivity index (χ4v) is 6.39. The van der Waals surface area contributed by atoms with Crippen molar-refractivity contribution in [3.8, 4) is 0 Å². The minimum absolute atomic E-state index is 0.175. The summed E-state index contributed by atoms with van der Waals surface area (Å²) in [4.78, 5) is 40.4. The fraction of sp³-hybridized carbons (Fsp3) is 0.179. The summed E-state index contributed by atoms with van der Waals surface area (Å²) in [7, 11) is -2.63. The summed E-state index contributed by atoms with van der Waals surface area (Å²) in [6.07, 6.45) is 0. The predicted molar refractivity (Wildman–Crippen MR) is 158 cm³/mol. The number of carbonyl (C=O) groups excluding carboxylic acids is 3. The first-order valence-electron chi connectivity index (χ1n) is 12.1. The molecule has 3 aromatic rings. The molecule has 9 nitrogen and oxygen atoms in total. The third-order valence-corrected chi connectivity index (χ3v) is 8.68. The monoisotopic (exact) mass is 643 g/mol. The van der Waals surface area contributed by atoms with Crippen LogP contribution in [0, 0.1) is 0 Å². The van der Waals surface area contributed by atoms with Crippen LogP contribution in [0.25, 0.3) is 0 Å². The molecule has 208 valence electrons. The molecule has 0 saturated heterocycles. The van der Waals surface area contributed by atoms with Crippen LogP contribution in [0.3, 0.4) is 0 Å². The van der Waals surface area contributed by atoms with E-state index in [1.807, 2.05) is 12.1 Å². The second-order valence-corrected chi connectivity index (χ2v) is 12.8. The molecule has 0 aromatic heterocycles. The number of anilines is 2. The Bertz CT molecular complexity index is 1590. The number of nitrogens with zero attached hydrogens (tertiary/aromatic N) is 1. The largest absolute Gasteiger partial charge is 0.465 e. The lowest BCUT2D eigenvalue weighted by molar-refractivity contribution is -0.139. The van der Waals surface area contributed by atoms with Gasteiger partial charge in [-0.25, -0.2) is 13.2 Å². The number of halogens is 1. The summed E-state index contributed by atoms with van der Waals surface area (Å²) in [5.41, 5.74) is 1.63. The third-order valence-electron chi connectivity index (χ3n) is 5.82. The van der Waals surface area contributed by atoms with Gasteiger partial charge in [-0.05, 0) is 74.0 Å². The lowest BCUT2D eigenvalue weighted by atomic mass is 10.1. The van der Waals surface area contributed by atoms with Crippen LogP contribution in [0.15, 0.2) is 92.8 Å². The average Bonchev–Trinajstić information content (AvgIpc) is 3.14. The van der Waals surface area contributed by atoms with E-state index in [1.165, 1.54) is 18.1 Å². The van der Waals surface area contributed by atoms with E-state index in [0.717, 1.165) is 16.2 Å². The minimum atomic E-state index is -3.86. The Morgan fingerprint density at radius 1 is 0.950 bits per heavy atom. The first-order valence-corrected chi connectivity index (χ1v) is 15.3. The van der Waals surface area contributed by atoms with Crippen LogP contribution < -0.4 is 10.0 Å². The number of rotatable bonds is 10. The molecule has 4 rings (SSSR count). The summed E-state index contributed by atoms with van der Waals surface area (Å²) < 4.78 is 33.8. The number of hydrogen-bond donors (Lipinski definition) is 2. The number of nitrogens with one attached hydrogen (secondary N) is 2. The molecule has 0 unspecified atom stereocenters. The maximum atomic E-state index is 13.2. The molecule has 0 atom stereocenters. The van der Waals surface area contributed by atoms with E-state index in [0.29, 0.717) is 21.8 Å². The van der Waals surface area contributed by atoms with Gasteiger partial charge in [0.1, 0.15) is 10.6 Å². The van der Waals surface area contributed by atoms with Gasteiger partial charge in [0.05, 0.1) is 18.4 Å². The lowest BCUT2D eigenvalue weighted by Gasteiger charge is -2.19. The number of ether oxygens (including phenoxy) is 1. The number of amides is 2. The SMILES string of the molecule is COC(=O)c1ccccc1CS(=O)(=O)Nc1ccc(SC2=C(Nc3ccc(Br)cc3)C(=O)N(C(C)C)C2=O)cc1. The molecule has 1 heterocycles. The van der Waals surface area contributed by atoms with Gasteiger partial charge in [0.25, 0.3) is 11.8 Å². The number of thioether (sulfide) groups is 1. The Labute approximate surface area is 245 Å². The summed E-state index contributed by atoms with van der Waals surface area (Å²) in [6.45, 7) is 3.54. The molecule has 3 aromatic carbocycles. The highest BCUT2D eigenvalue weighted by atomic mass is 79.9. The predicted octanol–water partition coefficient (Wildman–Crippen LogP) is 5.37. The van der Waals surface area contributed by atoms with Crippen molar-refractivity contribution in [1.82, 2.24) is 4.90 Å². The molecule has 1 aliphatic rings. The number of imide groups is 1. The number of methoxy groups -OCH3 is 1. The molecular weight excluding hydrogens is 618 g/mol. The number of carbonyl (C=O) groups is 3. The summed E-state index contributed by atoms with van der Waals surface area (Å²) in [6, 6.07) is 19.7. The maximum absolute atomic E-state index is 13.2. The molecule has 12 heteroatoms. The van der Waals surface area contributed by atoms with Gasteiger partial charge in [0, 0.05) is 26.8 Å². The lowest BCUT2D eigenvalue weighted by Crippen LogP contribution is -2.38. The second kappa shape index (κ2) is 12.3. The van der Waals surface area contributed by atoms with Crippen LogP contribution in [0.4, 0.5) is 11.4 Å². The van der Waals surface area contributed by atoms with Gasteiger partial charge >= 0.3 is 5.97 Å². The zero-order valence-corrected chi connectivity index (χ0v) is 25.0. The molecular formula is C28H26BrN3O6S2. The van der Waals surface area contributed by atoms with Crippen molar-refractivity contribution < 1.29 is 27.5 Å². The fourth-order valence-electron chi connectivity index (χ4n) is 3.96. The van der Waals surface area contributed by atoms with E-state index in [9.17, 15) is 22.8 Å². The standard InChI is InChI=1S/C28H26BrN3O6S2/c1-17(2)32-26(33)24(30-20-10-8-19(29)9-11-20)25(27(32)34)39-22-14-12-21(13-15-22)31-40(36,37)16-18-6-4-5-7-23(18)28(35)38-3/h4-15,17,30-31H,16H2,1-3H3. The molecule has 40 heavy (non-hydrogen) atoms. The van der Waals surface area contributed by atoms with Crippen molar-refractivity contribution in [3.63, 3.8) is 0 Å². The van der Waals surface area contributed by atoms with E-state index < -0.39 is 33.6 Å². The summed E-state index contributed by atoms with van der Waals surface area (Å²) in [5, 5.41) is 3.09. The van der Waals surface area contributed by atoms with Crippen LogP contribution in [0.5, 0.6) is 0 Å². The zero-order valence-electron chi connectivity index (χ0n) is 21.8. The van der Waals surface area contributed by atoms with Crippen LogP contribution in [-0.4, -0.2) is 44.3 Å². The second-order valence-electron chi connectivity index (χ2n) is 9.05. The first kappa shape index (κ1) is 29.4. The number of benzene rings is 3. The van der Waals surface area contributed by atoms with Gasteiger partial charge in [0.15, 0.2) is 0 Å². The molecule has 2 amide bonds. The minimum Gasteiger partial charge on any atom is -0.465 e. The number of esters is 1. The topological polar surface area (TPSA) is 122 Å². The number of sulfonamides is 1. The molecule has 2 N–H and O–H groups in total. The first-order chi connectivity index (χ1) is 19.0. The Kier molecular flexibility index (Phi) is 9.02. The van der Waals surface area contributed by atoms with Crippen molar-refractivity contribution in [3.05, 3.63) is 99.0 Å². The molecule has 1 aliphatic heterocycles. The highest BCUT2D eigenvalue weighted by molar-refractivity contribution is 9.10. The van der Waals surface area contributed by atoms with E-state index in [2.05, 4.69) is 26.0 Å². The maximum Gasteiger partial charge on any atom is 0.338 e. The van der Waals surface area contributed by atoms with E-state index in [4.69, 9.17) is 4.74 Å².